The number of nitrogens with zero attached hydrogens (tertiary/aromatic N) is 2. The summed E-state index contributed by atoms with van der Waals surface area (Å²) in [6.45, 7) is 4.42. The van der Waals surface area contributed by atoms with Crippen molar-refractivity contribution in [1.29, 1.82) is 0 Å². The highest BCUT2D eigenvalue weighted by molar-refractivity contribution is 7.13. The van der Waals surface area contributed by atoms with Crippen LogP contribution < -0.4 is 5.32 Å². The van der Waals surface area contributed by atoms with E-state index in [1.54, 1.807) is 17.6 Å². The average molecular weight is 349 g/mol. The Labute approximate surface area is 144 Å². The first kappa shape index (κ1) is 18.1. The summed E-state index contributed by atoms with van der Waals surface area (Å²) < 4.78 is 13.4. The highest BCUT2D eigenvalue weighted by Crippen LogP contribution is 2.12. The van der Waals surface area contributed by atoms with Crippen LogP contribution in [0.3, 0.4) is 0 Å². The van der Waals surface area contributed by atoms with Gasteiger partial charge < -0.3 is 10.2 Å². The molecule has 24 heavy (non-hydrogen) atoms. The molecule has 0 unspecified atom stereocenters. The maximum absolute atomic E-state index is 13.4. The number of nitrogens with one attached hydrogen (secondary N) is 1. The van der Waals surface area contributed by atoms with Crippen molar-refractivity contribution in [1.82, 2.24) is 9.88 Å². The Bertz CT molecular complexity index is 689. The van der Waals surface area contributed by atoms with E-state index >= 15 is 0 Å². The number of carbonyl (C=O) groups is 2. The monoisotopic (exact) mass is 349 g/mol. The largest absolute Gasteiger partial charge is 0.329 e. The second-order valence-corrected chi connectivity index (χ2v) is 6.70. The summed E-state index contributed by atoms with van der Waals surface area (Å²) in [5, 5.41) is 4.90. The van der Waals surface area contributed by atoms with Crippen LogP contribution in [0.4, 0.5) is 9.52 Å². The number of thiazole rings is 1. The molecule has 7 heteroatoms. The molecule has 0 aliphatic carbocycles. The quantitative estimate of drug-likeness (QED) is 0.833. The molecule has 5 nitrogen and oxygen atoms in total. The lowest BCUT2D eigenvalue weighted by Crippen LogP contribution is -2.39. The second-order valence-electron chi connectivity index (χ2n) is 5.81. The van der Waals surface area contributed by atoms with Crippen LogP contribution in [-0.2, 0) is 4.79 Å². The van der Waals surface area contributed by atoms with E-state index < -0.39 is 5.82 Å². The SMILES string of the molecule is CC(C)CCN(CC(=O)Nc1nccs1)C(=O)c1cccc(F)c1. The zero-order valence-corrected chi connectivity index (χ0v) is 14.5. The maximum atomic E-state index is 13.4. The Morgan fingerprint density at radius 2 is 2.17 bits per heavy atom. The van der Waals surface area contributed by atoms with Gasteiger partial charge >= 0.3 is 0 Å². The van der Waals surface area contributed by atoms with Gasteiger partial charge in [0, 0.05) is 23.7 Å². The van der Waals surface area contributed by atoms with E-state index in [4.69, 9.17) is 0 Å². The first-order valence-corrected chi connectivity index (χ1v) is 8.58. The second kappa shape index (κ2) is 8.54. The van der Waals surface area contributed by atoms with Gasteiger partial charge in [-0.15, -0.1) is 11.3 Å². The predicted molar refractivity (Wildman–Crippen MR) is 92.5 cm³/mol. The van der Waals surface area contributed by atoms with Gasteiger partial charge in [-0.1, -0.05) is 19.9 Å². The van der Waals surface area contributed by atoms with Crippen LogP contribution in [0.5, 0.6) is 0 Å². The van der Waals surface area contributed by atoms with Crippen LogP contribution >= 0.6 is 11.3 Å². The normalized spacial score (nSPS) is 10.7. The third-order valence-electron chi connectivity index (χ3n) is 3.35. The van der Waals surface area contributed by atoms with Crippen LogP contribution in [0.15, 0.2) is 35.8 Å². The molecule has 2 rings (SSSR count). The summed E-state index contributed by atoms with van der Waals surface area (Å²) in [6.07, 6.45) is 2.35. The fourth-order valence-electron chi connectivity index (χ4n) is 2.09. The van der Waals surface area contributed by atoms with Gasteiger partial charge in [0.2, 0.25) is 5.91 Å². The van der Waals surface area contributed by atoms with E-state index in [1.807, 2.05) is 13.8 Å². The van der Waals surface area contributed by atoms with Crippen LogP contribution in [-0.4, -0.2) is 34.8 Å². The fraction of sp³-hybridized carbons (Fsp3) is 0.353. The third-order valence-corrected chi connectivity index (χ3v) is 4.04. The van der Waals surface area contributed by atoms with Crippen molar-refractivity contribution in [2.75, 3.05) is 18.4 Å². The number of carbonyl (C=O) groups excluding carboxylic acids is 2. The van der Waals surface area contributed by atoms with E-state index in [0.29, 0.717) is 17.6 Å². The van der Waals surface area contributed by atoms with Gasteiger partial charge in [0.05, 0.1) is 0 Å². The molecule has 2 amide bonds. The number of rotatable bonds is 7. The minimum Gasteiger partial charge on any atom is -0.329 e. The van der Waals surface area contributed by atoms with Crippen LogP contribution in [0, 0.1) is 11.7 Å². The molecule has 1 aromatic heterocycles. The van der Waals surface area contributed by atoms with Crippen molar-refractivity contribution in [2.24, 2.45) is 5.92 Å². The summed E-state index contributed by atoms with van der Waals surface area (Å²) in [5.41, 5.74) is 0.237. The van der Waals surface area contributed by atoms with Gasteiger partial charge in [-0.25, -0.2) is 9.37 Å². The molecule has 0 spiro atoms. The first-order valence-electron chi connectivity index (χ1n) is 7.70. The molecule has 2 aromatic rings. The Hall–Kier alpha value is -2.28. The number of halogens is 1. The Morgan fingerprint density at radius 1 is 1.38 bits per heavy atom. The van der Waals surface area contributed by atoms with Gasteiger partial charge in [-0.3, -0.25) is 9.59 Å². The van der Waals surface area contributed by atoms with Crippen LogP contribution in [0.25, 0.3) is 0 Å². The van der Waals surface area contributed by atoms with Crippen molar-refractivity contribution >= 4 is 28.3 Å². The molecule has 128 valence electrons. The van der Waals surface area contributed by atoms with Crippen molar-refractivity contribution in [3.8, 4) is 0 Å². The van der Waals surface area contributed by atoms with Gasteiger partial charge in [0.25, 0.3) is 5.91 Å². The molecular weight excluding hydrogens is 329 g/mol. The van der Waals surface area contributed by atoms with E-state index in [1.165, 1.54) is 34.4 Å². The minimum absolute atomic E-state index is 0.0956. The van der Waals surface area contributed by atoms with Crippen molar-refractivity contribution in [2.45, 2.75) is 20.3 Å². The molecule has 0 fully saturated rings. The molecule has 1 heterocycles. The smallest absolute Gasteiger partial charge is 0.254 e. The van der Waals surface area contributed by atoms with Crippen LogP contribution in [0.2, 0.25) is 0 Å². The molecule has 0 saturated carbocycles. The zero-order chi connectivity index (χ0) is 17.5. The lowest BCUT2D eigenvalue weighted by Gasteiger charge is -2.23. The fourth-order valence-corrected chi connectivity index (χ4v) is 2.63. The molecule has 0 aliphatic heterocycles. The summed E-state index contributed by atoms with van der Waals surface area (Å²) in [4.78, 5) is 30.2. The van der Waals surface area contributed by atoms with E-state index in [0.717, 1.165) is 6.42 Å². The first-order chi connectivity index (χ1) is 11.5. The highest BCUT2D eigenvalue weighted by atomic mass is 32.1. The lowest BCUT2D eigenvalue weighted by atomic mass is 10.1. The number of hydrogen-bond donors (Lipinski definition) is 1. The molecular formula is C17H20FN3O2S. The van der Waals surface area contributed by atoms with Crippen LogP contribution in [0.1, 0.15) is 30.6 Å². The van der Waals surface area contributed by atoms with Gasteiger partial charge in [-0.05, 0) is 30.5 Å². The Balaban J connectivity index is 2.08. The number of amides is 2. The van der Waals surface area contributed by atoms with Crippen molar-refractivity contribution < 1.29 is 14.0 Å². The Kier molecular flexibility index (Phi) is 6.43. The van der Waals surface area contributed by atoms with Gasteiger partial charge in [0.1, 0.15) is 12.4 Å². The lowest BCUT2D eigenvalue weighted by molar-refractivity contribution is -0.116. The maximum Gasteiger partial charge on any atom is 0.254 e. The minimum atomic E-state index is -0.475. The molecule has 0 saturated heterocycles. The molecule has 1 aromatic carbocycles. The van der Waals surface area contributed by atoms with E-state index in [9.17, 15) is 14.0 Å². The van der Waals surface area contributed by atoms with Gasteiger partial charge in [0.15, 0.2) is 5.13 Å². The summed E-state index contributed by atoms with van der Waals surface area (Å²) in [6, 6.07) is 5.50. The molecule has 1 N–H and O–H groups in total. The number of benzene rings is 1. The standard InChI is InChI=1S/C17H20FN3O2S/c1-12(2)6-8-21(11-15(22)20-17-19-7-9-24-17)16(23)13-4-3-5-14(18)10-13/h3-5,7,9-10,12H,6,8,11H2,1-2H3,(H,19,20,22). The number of hydrogen-bond acceptors (Lipinski definition) is 4. The van der Waals surface area contributed by atoms with Crippen molar-refractivity contribution in [3.63, 3.8) is 0 Å². The van der Waals surface area contributed by atoms with E-state index in [2.05, 4.69) is 10.3 Å². The predicted octanol–water partition coefficient (Wildman–Crippen LogP) is 3.41. The number of aromatic nitrogens is 1. The molecule has 0 atom stereocenters. The highest BCUT2D eigenvalue weighted by Gasteiger charge is 2.20. The Morgan fingerprint density at radius 3 is 2.79 bits per heavy atom. The number of anilines is 1. The molecule has 0 radical (unpaired) electrons. The third kappa shape index (κ3) is 5.42. The zero-order valence-electron chi connectivity index (χ0n) is 13.7. The summed E-state index contributed by atoms with van der Waals surface area (Å²) >= 11 is 1.31. The summed E-state index contributed by atoms with van der Waals surface area (Å²) in [5.74, 6) is -0.769. The molecule has 0 bridgehead atoms. The average Bonchev–Trinajstić information content (AvgIpc) is 3.03. The molecule has 0 aliphatic rings. The van der Waals surface area contributed by atoms with E-state index in [-0.39, 0.29) is 23.9 Å². The topological polar surface area (TPSA) is 62.3 Å². The summed E-state index contributed by atoms with van der Waals surface area (Å²) in [7, 11) is 0. The van der Waals surface area contributed by atoms with Gasteiger partial charge in [-0.2, -0.15) is 0 Å². The van der Waals surface area contributed by atoms with Crippen molar-refractivity contribution in [3.05, 3.63) is 47.2 Å².